The van der Waals surface area contributed by atoms with Crippen molar-refractivity contribution in [3.8, 4) is 0 Å². The second-order valence-corrected chi connectivity index (χ2v) is 5.92. The highest BCUT2D eigenvalue weighted by Crippen LogP contribution is 2.20. The molecule has 0 radical (unpaired) electrons. The summed E-state index contributed by atoms with van der Waals surface area (Å²) in [6.07, 6.45) is 0. The molecule has 2 amide bonds. The number of hydrogen-bond donors (Lipinski definition) is 1. The molecule has 4 nitrogen and oxygen atoms in total. The molecule has 0 aliphatic rings. The summed E-state index contributed by atoms with van der Waals surface area (Å²) in [4.78, 5) is 25.4. The van der Waals surface area contributed by atoms with Gasteiger partial charge in [0.1, 0.15) is 5.82 Å². The molecule has 0 atom stereocenters. The van der Waals surface area contributed by atoms with Crippen LogP contribution in [0.3, 0.4) is 0 Å². The summed E-state index contributed by atoms with van der Waals surface area (Å²) >= 11 is 3.26. The van der Waals surface area contributed by atoms with Gasteiger partial charge in [-0.2, -0.15) is 0 Å². The van der Waals surface area contributed by atoms with Gasteiger partial charge in [-0.15, -0.1) is 0 Å². The summed E-state index contributed by atoms with van der Waals surface area (Å²) < 4.78 is 13.9. The van der Waals surface area contributed by atoms with Crippen molar-refractivity contribution in [2.75, 3.05) is 14.1 Å². The molecule has 0 saturated heterocycles. The lowest BCUT2D eigenvalue weighted by molar-refractivity contribution is 0.0783. The number of nitrogens with one attached hydrogen (secondary N) is 1. The van der Waals surface area contributed by atoms with Gasteiger partial charge in [0.2, 0.25) is 0 Å². The Labute approximate surface area is 142 Å². The van der Waals surface area contributed by atoms with Gasteiger partial charge in [-0.25, -0.2) is 4.39 Å². The SMILES string of the molecule is CNC(=O)c1ccc(CN(C)C(=O)c2cc(F)ccc2Br)cc1. The van der Waals surface area contributed by atoms with Gasteiger partial charge in [-0.3, -0.25) is 9.59 Å². The van der Waals surface area contributed by atoms with Crippen molar-refractivity contribution in [3.05, 3.63) is 69.4 Å². The Balaban J connectivity index is 2.12. The van der Waals surface area contributed by atoms with Crippen LogP contribution in [0.4, 0.5) is 4.39 Å². The molecule has 1 N–H and O–H groups in total. The van der Waals surface area contributed by atoms with E-state index in [1.807, 2.05) is 0 Å². The van der Waals surface area contributed by atoms with Crippen LogP contribution in [-0.2, 0) is 6.54 Å². The van der Waals surface area contributed by atoms with Gasteiger partial charge in [0.05, 0.1) is 5.56 Å². The van der Waals surface area contributed by atoms with E-state index < -0.39 is 5.82 Å². The molecule has 120 valence electrons. The van der Waals surface area contributed by atoms with Gasteiger partial charge in [0.15, 0.2) is 0 Å². The van der Waals surface area contributed by atoms with E-state index in [0.717, 1.165) is 5.56 Å². The minimum absolute atomic E-state index is 0.162. The molecular weight excluding hydrogens is 363 g/mol. The van der Waals surface area contributed by atoms with Gasteiger partial charge in [0, 0.05) is 30.7 Å². The summed E-state index contributed by atoms with van der Waals surface area (Å²) in [5.41, 5.74) is 1.70. The predicted octanol–water partition coefficient (Wildman–Crippen LogP) is 3.22. The molecule has 2 aromatic carbocycles. The summed E-state index contributed by atoms with van der Waals surface area (Å²) in [5, 5.41) is 2.55. The highest BCUT2D eigenvalue weighted by molar-refractivity contribution is 9.10. The molecule has 23 heavy (non-hydrogen) atoms. The van der Waals surface area contributed by atoms with E-state index in [1.54, 1.807) is 38.4 Å². The predicted molar refractivity (Wildman–Crippen MR) is 89.7 cm³/mol. The molecule has 0 aliphatic carbocycles. The quantitative estimate of drug-likeness (QED) is 0.887. The average molecular weight is 379 g/mol. The lowest BCUT2D eigenvalue weighted by atomic mass is 10.1. The molecule has 2 aromatic rings. The smallest absolute Gasteiger partial charge is 0.255 e. The van der Waals surface area contributed by atoms with Crippen LogP contribution in [0.25, 0.3) is 0 Å². The minimum Gasteiger partial charge on any atom is -0.355 e. The zero-order valence-electron chi connectivity index (χ0n) is 12.8. The fourth-order valence-electron chi connectivity index (χ4n) is 2.12. The topological polar surface area (TPSA) is 49.4 Å². The third kappa shape index (κ3) is 4.16. The zero-order chi connectivity index (χ0) is 17.0. The zero-order valence-corrected chi connectivity index (χ0v) is 14.4. The van der Waals surface area contributed by atoms with E-state index in [0.29, 0.717) is 16.6 Å². The Hall–Kier alpha value is -2.21. The second kappa shape index (κ2) is 7.37. The lowest BCUT2D eigenvalue weighted by Crippen LogP contribution is -2.26. The van der Waals surface area contributed by atoms with Crippen LogP contribution >= 0.6 is 15.9 Å². The first-order valence-electron chi connectivity index (χ1n) is 6.94. The maximum Gasteiger partial charge on any atom is 0.255 e. The van der Waals surface area contributed by atoms with E-state index in [9.17, 15) is 14.0 Å². The summed E-state index contributed by atoms with van der Waals surface area (Å²) in [5.74, 6) is -0.906. The molecule has 0 unspecified atom stereocenters. The average Bonchev–Trinajstić information content (AvgIpc) is 2.56. The van der Waals surface area contributed by atoms with Gasteiger partial charge in [-0.1, -0.05) is 12.1 Å². The van der Waals surface area contributed by atoms with E-state index in [2.05, 4.69) is 21.2 Å². The largest absolute Gasteiger partial charge is 0.355 e. The highest BCUT2D eigenvalue weighted by atomic mass is 79.9. The number of rotatable bonds is 4. The van der Waals surface area contributed by atoms with Crippen LogP contribution in [0.15, 0.2) is 46.9 Å². The van der Waals surface area contributed by atoms with Crippen LogP contribution in [-0.4, -0.2) is 30.8 Å². The van der Waals surface area contributed by atoms with Crippen LogP contribution in [0.2, 0.25) is 0 Å². The molecular formula is C17H16BrFN2O2. The van der Waals surface area contributed by atoms with Crippen molar-refractivity contribution in [1.29, 1.82) is 0 Å². The third-order valence-electron chi connectivity index (χ3n) is 3.37. The number of amides is 2. The number of hydrogen-bond acceptors (Lipinski definition) is 2. The fourth-order valence-corrected chi connectivity index (χ4v) is 2.53. The van der Waals surface area contributed by atoms with Gasteiger partial charge in [-0.05, 0) is 51.8 Å². The Bertz CT molecular complexity index is 732. The fraction of sp³-hybridized carbons (Fsp3) is 0.176. The molecule has 0 saturated carbocycles. The highest BCUT2D eigenvalue weighted by Gasteiger charge is 2.16. The summed E-state index contributed by atoms with van der Waals surface area (Å²) in [6, 6.07) is 11.0. The van der Waals surface area contributed by atoms with Crippen LogP contribution in [0.5, 0.6) is 0 Å². The number of halogens is 2. The number of carbonyl (C=O) groups excluding carboxylic acids is 2. The molecule has 6 heteroatoms. The standard InChI is InChI=1S/C17H16BrFN2O2/c1-20-16(22)12-5-3-11(4-6-12)10-21(2)17(23)14-9-13(19)7-8-15(14)18/h3-9H,10H2,1-2H3,(H,20,22). The van der Waals surface area contributed by atoms with Crippen molar-refractivity contribution in [2.24, 2.45) is 0 Å². The van der Waals surface area contributed by atoms with Gasteiger partial charge < -0.3 is 10.2 Å². The van der Waals surface area contributed by atoms with E-state index in [1.165, 1.54) is 23.1 Å². The minimum atomic E-state index is -0.458. The van der Waals surface area contributed by atoms with Crippen LogP contribution in [0, 0.1) is 5.82 Å². The Morgan fingerprint density at radius 1 is 1.17 bits per heavy atom. The van der Waals surface area contributed by atoms with Crippen molar-refractivity contribution in [1.82, 2.24) is 10.2 Å². The number of benzene rings is 2. The first-order valence-corrected chi connectivity index (χ1v) is 7.73. The third-order valence-corrected chi connectivity index (χ3v) is 4.06. The van der Waals surface area contributed by atoms with E-state index >= 15 is 0 Å². The van der Waals surface area contributed by atoms with Crippen LogP contribution in [0.1, 0.15) is 26.3 Å². The van der Waals surface area contributed by atoms with E-state index in [4.69, 9.17) is 0 Å². The number of nitrogens with zero attached hydrogens (tertiary/aromatic N) is 1. The molecule has 0 spiro atoms. The monoisotopic (exact) mass is 378 g/mol. The lowest BCUT2D eigenvalue weighted by Gasteiger charge is -2.18. The van der Waals surface area contributed by atoms with Crippen LogP contribution < -0.4 is 5.32 Å². The molecule has 0 bridgehead atoms. The summed E-state index contributed by atoms with van der Waals surface area (Å²) in [7, 11) is 3.21. The summed E-state index contributed by atoms with van der Waals surface area (Å²) in [6.45, 7) is 0.357. The Morgan fingerprint density at radius 2 is 1.83 bits per heavy atom. The first kappa shape index (κ1) is 17.1. The first-order chi connectivity index (χ1) is 10.9. The van der Waals surface area contributed by atoms with Crippen molar-refractivity contribution in [2.45, 2.75) is 6.54 Å². The Kier molecular flexibility index (Phi) is 5.50. The molecule has 2 rings (SSSR count). The van der Waals surface area contributed by atoms with Crippen molar-refractivity contribution in [3.63, 3.8) is 0 Å². The molecule has 0 aliphatic heterocycles. The second-order valence-electron chi connectivity index (χ2n) is 5.06. The number of carbonyl (C=O) groups is 2. The van der Waals surface area contributed by atoms with Gasteiger partial charge >= 0.3 is 0 Å². The molecule has 0 aromatic heterocycles. The van der Waals surface area contributed by atoms with E-state index in [-0.39, 0.29) is 17.4 Å². The Morgan fingerprint density at radius 3 is 2.43 bits per heavy atom. The van der Waals surface area contributed by atoms with Crippen molar-refractivity contribution < 1.29 is 14.0 Å². The maximum absolute atomic E-state index is 13.3. The molecule has 0 fully saturated rings. The maximum atomic E-state index is 13.3. The van der Waals surface area contributed by atoms with Crippen molar-refractivity contribution >= 4 is 27.7 Å². The molecule has 0 heterocycles. The van der Waals surface area contributed by atoms with Gasteiger partial charge in [0.25, 0.3) is 11.8 Å². The normalized spacial score (nSPS) is 10.3.